The van der Waals surface area contributed by atoms with E-state index in [1.807, 2.05) is 32.0 Å². The number of esters is 1. The fourth-order valence-electron chi connectivity index (χ4n) is 2.29. The van der Waals surface area contributed by atoms with E-state index in [2.05, 4.69) is 10.6 Å². The van der Waals surface area contributed by atoms with E-state index in [1.165, 1.54) is 0 Å². The highest BCUT2D eigenvalue weighted by Gasteiger charge is 2.13. The Morgan fingerprint density at radius 2 is 1.84 bits per heavy atom. The van der Waals surface area contributed by atoms with Gasteiger partial charge in [-0.2, -0.15) is 0 Å². The molecule has 0 aliphatic carbocycles. The maximum absolute atomic E-state index is 12.0. The number of aryl methyl sites for hydroxylation is 2. The lowest BCUT2D eigenvalue weighted by atomic mass is 10.1. The van der Waals surface area contributed by atoms with Gasteiger partial charge in [0.1, 0.15) is 5.75 Å². The normalized spacial score (nSPS) is 10.0. The molecule has 2 aromatic carbocycles. The Hall–Kier alpha value is -3.02. The Morgan fingerprint density at radius 3 is 2.56 bits per heavy atom. The van der Waals surface area contributed by atoms with Gasteiger partial charge in [0, 0.05) is 0 Å². The molecule has 0 fully saturated rings. The van der Waals surface area contributed by atoms with Crippen molar-refractivity contribution in [2.45, 2.75) is 20.8 Å². The number of carbonyl (C=O) groups excluding carboxylic acids is 2. The standard InChI is InChI=1S/C19H22N2O4/c1-4-24-18(22)15-7-5-6-8-16(15)21-19(23)20-12-25-17-10-9-13(2)11-14(17)3/h5-11H,4,12H2,1-3H3,(H2,20,21,23). The molecule has 6 nitrogen and oxygen atoms in total. The summed E-state index contributed by atoms with van der Waals surface area (Å²) in [5.74, 6) is 0.225. The number of ether oxygens (including phenoxy) is 2. The number of hydrogen-bond donors (Lipinski definition) is 2. The van der Waals surface area contributed by atoms with Crippen LogP contribution in [0.25, 0.3) is 0 Å². The topological polar surface area (TPSA) is 76.7 Å². The number of urea groups is 1. The smallest absolute Gasteiger partial charge is 0.340 e. The molecule has 2 N–H and O–H groups in total. The van der Waals surface area contributed by atoms with Crippen molar-refractivity contribution in [1.82, 2.24) is 5.32 Å². The highest BCUT2D eigenvalue weighted by molar-refractivity contribution is 6.00. The molecule has 2 rings (SSSR count). The summed E-state index contributed by atoms with van der Waals surface area (Å²) in [5, 5.41) is 5.22. The zero-order chi connectivity index (χ0) is 18.2. The summed E-state index contributed by atoms with van der Waals surface area (Å²) in [4.78, 5) is 23.9. The van der Waals surface area contributed by atoms with Gasteiger partial charge < -0.3 is 20.1 Å². The molecule has 0 radical (unpaired) electrons. The second-order valence-electron chi connectivity index (χ2n) is 5.45. The number of nitrogens with one attached hydrogen (secondary N) is 2. The maximum Gasteiger partial charge on any atom is 0.340 e. The van der Waals surface area contributed by atoms with Gasteiger partial charge in [-0.25, -0.2) is 9.59 Å². The van der Waals surface area contributed by atoms with Gasteiger partial charge in [0.2, 0.25) is 0 Å². The minimum Gasteiger partial charge on any atom is -0.473 e. The minimum atomic E-state index is -0.482. The van der Waals surface area contributed by atoms with Crippen LogP contribution < -0.4 is 15.4 Å². The average molecular weight is 342 g/mol. The summed E-state index contributed by atoms with van der Waals surface area (Å²) in [6.07, 6.45) is 0. The molecule has 0 aliphatic rings. The van der Waals surface area contributed by atoms with Gasteiger partial charge in [-0.1, -0.05) is 29.8 Å². The third-order valence-corrected chi connectivity index (χ3v) is 3.46. The Kier molecular flexibility index (Phi) is 6.39. The number of hydrogen-bond acceptors (Lipinski definition) is 4. The quantitative estimate of drug-likeness (QED) is 0.621. The van der Waals surface area contributed by atoms with Gasteiger partial charge in [-0.15, -0.1) is 0 Å². The third-order valence-electron chi connectivity index (χ3n) is 3.46. The highest BCUT2D eigenvalue weighted by Crippen LogP contribution is 2.18. The van der Waals surface area contributed by atoms with Crippen molar-refractivity contribution in [2.24, 2.45) is 0 Å². The minimum absolute atomic E-state index is 0.0112. The average Bonchev–Trinajstić information content (AvgIpc) is 2.57. The van der Waals surface area contributed by atoms with Gasteiger partial charge in [0.05, 0.1) is 17.9 Å². The molecule has 2 amide bonds. The molecule has 2 aromatic rings. The molecule has 0 saturated carbocycles. The molecular weight excluding hydrogens is 320 g/mol. The molecule has 0 saturated heterocycles. The summed E-state index contributed by atoms with van der Waals surface area (Å²) in [6.45, 7) is 5.95. The molecular formula is C19H22N2O4. The second kappa shape index (κ2) is 8.73. The number of anilines is 1. The molecule has 0 aromatic heterocycles. The van der Waals surface area contributed by atoms with Crippen molar-refractivity contribution in [2.75, 3.05) is 18.7 Å². The lowest BCUT2D eigenvalue weighted by molar-refractivity contribution is 0.0527. The molecule has 6 heteroatoms. The van der Waals surface area contributed by atoms with Crippen LogP contribution in [0.3, 0.4) is 0 Å². The number of amides is 2. The van der Waals surface area contributed by atoms with Gasteiger partial charge in [0.25, 0.3) is 0 Å². The van der Waals surface area contributed by atoms with Crippen molar-refractivity contribution < 1.29 is 19.1 Å². The third kappa shape index (κ3) is 5.24. The van der Waals surface area contributed by atoms with Gasteiger partial charge >= 0.3 is 12.0 Å². The van der Waals surface area contributed by atoms with E-state index in [0.29, 0.717) is 17.0 Å². The molecule has 0 unspecified atom stereocenters. The van der Waals surface area contributed by atoms with Gasteiger partial charge in [-0.3, -0.25) is 0 Å². The van der Waals surface area contributed by atoms with Crippen molar-refractivity contribution in [3.8, 4) is 5.75 Å². The first kappa shape index (κ1) is 18.3. The maximum atomic E-state index is 12.0. The van der Waals surface area contributed by atoms with Crippen LogP contribution >= 0.6 is 0 Å². The fourth-order valence-corrected chi connectivity index (χ4v) is 2.29. The first-order valence-electron chi connectivity index (χ1n) is 8.02. The predicted octanol–water partition coefficient (Wildman–Crippen LogP) is 3.64. The van der Waals surface area contributed by atoms with Crippen LogP contribution in [0.4, 0.5) is 10.5 Å². The van der Waals surface area contributed by atoms with Crippen LogP contribution in [0.5, 0.6) is 5.75 Å². The Labute approximate surface area is 147 Å². The summed E-state index contributed by atoms with van der Waals surface area (Å²) in [5.41, 5.74) is 2.82. The lowest BCUT2D eigenvalue weighted by Gasteiger charge is -2.13. The Bertz CT molecular complexity index is 759. The zero-order valence-corrected chi connectivity index (χ0v) is 14.6. The summed E-state index contributed by atoms with van der Waals surface area (Å²) in [7, 11) is 0. The van der Waals surface area contributed by atoms with Crippen LogP contribution in [0.15, 0.2) is 42.5 Å². The Morgan fingerprint density at radius 1 is 1.08 bits per heavy atom. The number of carbonyl (C=O) groups is 2. The van der Waals surface area contributed by atoms with Crippen LogP contribution in [-0.2, 0) is 4.74 Å². The molecule has 0 heterocycles. The molecule has 0 atom stereocenters. The van der Waals surface area contributed by atoms with Crippen molar-refractivity contribution >= 4 is 17.7 Å². The molecule has 0 aliphatic heterocycles. The molecule has 0 spiro atoms. The van der Waals surface area contributed by atoms with E-state index in [4.69, 9.17) is 9.47 Å². The van der Waals surface area contributed by atoms with Gasteiger partial charge in [0.15, 0.2) is 6.73 Å². The predicted molar refractivity (Wildman–Crippen MR) is 96.0 cm³/mol. The van der Waals surface area contributed by atoms with Crippen LogP contribution in [0.2, 0.25) is 0 Å². The first-order valence-corrected chi connectivity index (χ1v) is 8.02. The van der Waals surface area contributed by atoms with E-state index < -0.39 is 12.0 Å². The second-order valence-corrected chi connectivity index (χ2v) is 5.45. The van der Waals surface area contributed by atoms with Crippen LogP contribution in [0.1, 0.15) is 28.4 Å². The largest absolute Gasteiger partial charge is 0.473 e. The van der Waals surface area contributed by atoms with E-state index in [9.17, 15) is 9.59 Å². The number of para-hydroxylation sites is 1. The SMILES string of the molecule is CCOC(=O)c1ccccc1NC(=O)NCOc1ccc(C)cc1C. The number of benzene rings is 2. The summed E-state index contributed by atoms with van der Waals surface area (Å²) in [6, 6.07) is 12.0. The summed E-state index contributed by atoms with van der Waals surface area (Å²) >= 11 is 0. The lowest BCUT2D eigenvalue weighted by Crippen LogP contribution is -2.32. The van der Waals surface area contributed by atoms with E-state index in [1.54, 1.807) is 31.2 Å². The number of rotatable bonds is 6. The summed E-state index contributed by atoms with van der Waals surface area (Å²) < 4.78 is 10.5. The van der Waals surface area contributed by atoms with E-state index >= 15 is 0 Å². The van der Waals surface area contributed by atoms with Crippen molar-refractivity contribution in [1.29, 1.82) is 0 Å². The molecule has 132 valence electrons. The van der Waals surface area contributed by atoms with Gasteiger partial charge in [-0.05, 0) is 44.5 Å². The van der Waals surface area contributed by atoms with Crippen molar-refractivity contribution in [3.05, 3.63) is 59.2 Å². The zero-order valence-electron chi connectivity index (χ0n) is 14.6. The van der Waals surface area contributed by atoms with E-state index in [-0.39, 0.29) is 13.3 Å². The highest BCUT2D eigenvalue weighted by atomic mass is 16.5. The van der Waals surface area contributed by atoms with Crippen LogP contribution in [0, 0.1) is 13.8 Å². The fraction of sp³-hybridized carbons (Fsp3) is 0.263. The Balaban J connectivity index is 1.91. The molecule has 25 heavy (non-hydrogen) atoms. The molecule has 0 bridgehead atoms. The van der Waals surface area contributed by atoms with Crippen LogP contribution in [-0.4, -0.2) is 25.3 Å². The van der Waals surface area contributed by atoms with E-state index in [0.717, 1.165) is 11.1 Å². The van der Waals surface area contributed by atoms with Crippen molar-refractivity contribution in [3.63, 3.8) is 0 Å². The monoisotopic (exact) mass is 342 g/mol. The first-order chi connectivity index (χ1) is 12.0.